The fourth-order valence-corrected chi connectivity index (χ4v) is 5.60. The number of aromatic hydroxyl groups is 3. The molecule has 0 bridgehead atoms. The SMILES string of the molecule is CCCCCCCCCCOc1cc(C(=O)O[C@H]2CNC[C@@H]2NC(=O)c2ccccc2O)cc(O)c1C(=O)c1c(O)cccc1C(=O)O. The summed E-state index contributed by atoms with van der Waals surface area (Å²) in [5.74, 6) is -5.51. The summed E-state index contributed by atoms with van der Waals surface area (Å²) in [6, 6.07) is 11.2. The van der Waals surface area contributed by atoms with E-state index in [4.69, 9.17) is 9.47 Å². The van der Waals surface area contributed by atoms with Crippen molar-refractivity contribution in [1.82, 2.24) is 10.6 Å². The first kappa shape index (κ1) is 35.7. The van der Waals surface area contributed by atoms with E-state index in [-0.39, 0.29) is 42.3 Å². The molecule has 1 heterocycles. The number of ether oxygens (including phenoxy) is 2. The summed E-state index contributed by atoms with van der Waals surface area (Å²) in [6.45, 7) is 2.81. The lowest BCUT2D eigenvalue weighted by Crippen LogP contribution is -2.44. The first-order valence-corrected chi connectivity index (χ1v) is 16.2. The third-order valence-electron chi connectivity index (χ3n) is 8.18. The smallest absolute Gasteiger partial charge is 0.338 e. The average Bonchev–Trinajstić information content (AvgIpc) is 3.49. The zero-order valence-corrected chi connectivity index (χ0v) is 26.9. The molecular formula is C36H42N2O10. The van der Waals surface area contributed by atoms with Crippen LogP contribution in [0.25, 0.3) is 0 Å². The summed E-state index contributed by atoms with van der Waals surface area (Å²) < 4.78 is 11.6. The predicted octanol–water partition coefficient (Wildman–Crippen LogP) is 5.18. The molecule has 0 unspecified atom stereocenters. The Hall–Kier alpha value is -5.10. The van der Waals surface area contributed by atoms with Crippen molar-refractivity contribution in [1.29, 1.82) is 0 Å². The highest BCUT2D eigenvalue weighted by atomic mass is 16.5. The maximum Gasteiger partial charge on any atom is 0.338 e. The molecule has 0 aromatic heterocycles. The Balaban J connectivity index is 1.54. The lowest BCUT2D eigenvalue weighted by Gasteiger charge is -2.21. The summed E-state index contributed by atoms with van der Waals surface area (Å²) in [7, 11) is 0. The number of hydrogen-bond acceptors (Lipinski definition) is 10. The fourth-order valence-electron chi connectivity index (χ4n) is 5.60. The number of hydrogen-bond donors (Lipinski definition) is 6. The molecule has 256 valence electrons. The molecular weight excluding hydrogens is 620 g/mol. The van der Waals surface area contributed by atoms with E-state index in [1.807, 2.05) is 0 Å². The van der Waals surface area contributed by atoms with E-state index in [0.717, 1.165) is 50.3 Å². The highest BCUT2D eigenvalue weighted by molar-refractivity contribution is 6.18. The summed E-state index contributed by atoms with van der Waals surface area (Å²) in [5.41, 5.74) is -1.50. The maximum atomic E-state index is 13.7. The number of carboxylic acid groups (broad SMARTS) is 1. The molecule has 0 radical (unpaired) electrons. The number of ketones is 1. The molecule has 12 heteroatoms. The summed E-state index contributed by atoms with van der Waals surface area (Å²) in [4.78, 5) is 51.7. The quantitative estimate of drug-likeness (QED) is 0.0634. The number of aromatic carboxylic acids is 1. The number of carboxylic acids is 1. The molecule has 0 saturated carbocycles. The predicted molar refractivity (Wildman–Crippen MR) is 176 cm³/mol. The number of phenolic OH excluding ortho intramolecular Hbond substituents is 3. The van der Waals surface area contributed by atoms with Gasteiger partial charge in [0.1, 0.15) is 34.7 Å². The van der Waals surface area contributed by atoms with Crippen LogP contribution in [-0.4, -0.2) is 75.9 Å². The average molecular weight is 663 g/mol. The van der Waals surface area contributed by atoms with E-state index in [1.165, 1.54) is 37.1 Å². The third-order valence-corrected chi connectivity index (χ3v) is 8.18. The molecule has 1 aliphatic heterocycles. The minimum Gasteiger partial charge on any atom is -0.507 e. The van der Waals surface area contributed by atoms with Crippen molar-refractivity contribution in [2.75, 3.05) is 19.7 Å². The number of amides is 1. The zero-order chi connectivity index (χ0) is 34.6. The number of benzene rings is 3. The van der Waals surface area contributed by atoms with Gasteiger partial charge in [0, 0.05) is 13.1 Å². The summed E-state index contributed by atoms with van der Waals surface area (Å²) in [5, 5.41) is 47.0. The summed E-state index contributed by atoms with van der Waals surface area (Å²) in [6.07, 6.45) is 7.45. The Kier molecular flexibility index (Phi) is 12.8. The first-order chi connectivity index (χ1) is 23.1. The molecule has 3 aromatic rings. The first-order valence-electron chi connectivity index (χ1n) is 16.2. The molecule has 48 heavy (non-hydrogen) atoms. The maximum absolute atomic E-state index is 13.7. The molecule has 2 atom stereocenters. The second-order valence-electron chi connectivity index (χ2n) is 11.7. The lowest BCUT2D eigenvalue weighted by atomic mass is 9.95. The number of para-hydroxylation sites is 1. The van der Waals surface area contributed by atoms with E-state index in [0.29, 0.717) is 6.42 Å². The van der Waals surface area contributed by atoms with E-state index >= 15 is 0 Å². The van der Waals surface area contributed by atoms with E-state index in [9.17, 15) is 39.6 Å². The molecule has 12 nitrogen and oxygen atoms in total. The Labute approximate surface area is 278 Å². The number of unbranched alkanes of at least 4 members (excludes halogenated alkanes) is 7. The zero-order valence-electron chi connectivity index (χ0n) is 26.9. The molecule has 1 amide bonds. The van der Waals surface area contributed by atoms with Gasteiger partial charge in [-0.1, -0.05) is 70.1 Å². The van der Waals surface area contributed by atoms with Gasteiger partial charge in [-0.3, -0.25) is 9.59 Å². The van der Waals surface area contributed by atoms with Gasteiger partial charge in [-0.05, 0) is 42.8 Å². The normalized spacial score (nSPS) is 15.5. The molecule has 6 N–H and O–H groups in total. The Morgan fingerprint density at radius 2 is 1.46 bits per heavy atom. The third kappa shape index (κ3) is 9.03. The highest BCUT2D eigenvalue weighted by Crippen LogP contribution is 2.36. The van der Waals surface area contributed by atoms with Crippen LogP contribution < -0.4 is 15.4 Å². The van der Waals surface area contributed by atoms with Gasteiger partial charge in [0.15, 0.2) is 0 Å². The van der Waals surface area contributed by atoms with Crippen LogP contribution in [0.2, 0.25) is 0 Å². The van der Waals surface area contributed by atoms with Gasteiger partial charge in [0.25, 0.3) is 5.91 Å². The van der Waals surface area contributed by atoms with Crippen LogP contribution in [0, 0.1) is 0 Å². The van der Waals surface area contributed by atoms with E-state index in [2.05, 4.69) is 17.6 Å². The van der Waals surface area contributed by atoms with Crippen molar-refractivity contribution >= 4 is 23.6 Å². The molecule has 0 aliphatic carbocycles. The van der Waals surface area contributed by atoms with E-state index < -0.39 is 64.0 Å². The van der Waals surface area contributed by atoms with Gasteiger partial charge < -0.3 is 40.5 Å². The van der Waals surface area contributed by atoms with Crippen molar-refractivity contribution in [2.24, 2.45) is 0 Å². The van der Waals surface area contributed by atoms with Gasteiger partial charge in [-0.25, -0.2) is 9.59 Å². The van der Waals surface area contributed by atoms with Crippen LogP contribution >= 0.6 is 0 Å². The van der Waals surface area contributed by atoms with Crippen LogP contribution in [0.15, 0.2) is 54.6 Å². The number of phenols is 3. The number of rotatable bonds is 17. The highest BCUT2D eigenvalue weighted by Gasteiger charge is 2.34. The topological polar surface area (TPSA) is 192 Å². The Morgan fingerprint density at radius 1 is 0.792 bits per heavy atom. The monoisotopic (exact) mass is 662 g/mol. The standard InChI is InChI=1S/C36H42N2O10/c1-2-3-4-5-6-7-8-11-17-47-29-19-22(18-28(41)32(29)33(42)31-24(35(44)45)14-12-16-27(31)40)36(46)48-30-21-37-20-25(30)38-34(43)23-13-9-10-15-26(23)39/h9-10,12-16,18-19,25,30,37,39-41H,2-8,11,17,20-21H2,1H3,(H,38,43)(H,44,45)/t25-,30-/m0/s1. The molecule has 4 rings (SSSR count). The van der Waals surface area contributed by atoms with Crippen molar-refractivity contribution in [3.63, 3.8) is 0 Å². The lowest BCUT2D eigenvalue weighted by molar-refractivity contribution is 0.0282. The van der Waals surface area contributed by atoms with Crippen molar-refractivity contribution in [3.05, 3.63) is 82.4 Å². The van der Waals surface area contributed by atoms with Gasteiger partial charge >= 0.3 is 11.9 Å². The van der Waals surface area contributed by atoms with Crippen LogP contribution in [0.4, 0.5) is 0 Å². The number of nitrogens with one attached hydrogen (secondary N) is 2. The van der Waals surface area contributed by atoms with Crippen LogP contribution in [0.1, 0.15) is 105 Å². The molecule has 1 aliphatic rings. The minimum atomic E-state index is -1.45. The molecule has 1 fully saturated rings. The largest absolute Gasteiger partial charge is 0.507 e. The molecule has 0 spiro atoms. The van der Waals surface area contributed by atoms with E-state index in [1.54, 1.807) is 12.1 Å². The van der Waals surface area contributed by atoms with Gasteiger partial charge in [-0.2, -0.15) is 0 Å². The second kappa shape index (κ2) is 17.2. The van der Waals surface area contributed by atoms with Crippen LogP contribution in [0.3, 0.4) is 0 Å². The Morgan fingerprint density at radius 3 is 2.17 bits per heavy atom. The fraction of sp³-hybridized carbons (Fsp3) is 0.389. The van der Waals surface area contributed by atoms with Gasteiger partial charge in [0.05, 0.1) is 34.9 Å². The number of carbonyl (C=O) groups is 4. The second-order valence-corrected chi connectivity index (χ2v) is 11.7. The summed E-state index contributed by atoms with van der Waals surface area (Å²) >= 11 is 0. The van der Waals surface area contributed by atoms with Gasteiger partial charge in [-0.15, -0.1) is 0 Å². The number of esters is 1. The molecule has 3 aromatic carbocycles. The number of carbonyl (C=O) groups excluding carboxylic acids is 3. The molecule has 1 saturated heterocycles. The van der Waals surface area contributed by atoms with Crippen LogP contribution in [-0.2, 0) is 4.74 Å². The minimum absolute atomic E-state index is 0.0634. The van der Waals surface area contributed by atoms with Crippen molar-refractivity contribution in [3.8, 4) is 23.0 Å². The Bertz CT molecular complexity index is 1620. The van der Waals surface area contributed by atoms with Crippen LogP contribution in [0.5, 0.6) is 23.0 Å². The van der Waals surface area contributed by atoms with Crippen molar-refractivity contribution < 1.29 is 49.1 Å². The van der Waals surface area contributed by atoms with Gasteiger partial charge in [0.2, 0.25) is 5.78 Å². The van der Waals surface area contributed by atoms with Crippen molar-refractivity contribution in [2.45, 2.75) is 70.4 Å².